The van der Waals surface area contributed by atoms with Crippen molar-refractivity contribution in [1.82, 2.24) is 15.3 Å². The molecule has 44 heavy (non-hydrogen) atoms. The standard InChI is InChI=1S/C31H29F3N4O6/c1-3-42-24(39)17-16-23(30(41)43-4-2)37-28(40)19-10-12-20(13-11-19)44-29-26(18-8-6-5-7-9-18)36-22-15-14-21(31(32,33)34)25(35)27(22)38-29/h5-15,23H,3-4,16-17,35H2,1-2H3,(H,37,40)/t23-/m0/s1. The van der Waals surface area contributed by atoms with E-state index in [2.05, 4.69) is 15.3 Å². The number of ether oxygens (including phenoxy) is 3. The lowest BCUT2D eigenvalue weighted by atomic mass is 10.1. The third-order valence-electron chi connectivity index (χ3n) is 6.35. The topological polar surface area (TPSA) is 143 Å². The fourth-order valence-corrected chi connectivity index (χ4v) is 4.24. The Hall–Kier alpha value is -5.20. The smallest absolute Gasteiger partial charge is 0.418 e. The van der Waals surface area contributed by atoms with Gasteiger partial charge >= 0.3 is 18.1 Å². The SMILES string of the molecule is CCOC(=O)CC[C@H](NC(=O)c1ccc(Oc2nc3c(N)c(C(F)(F)F)ccc3nc2-c2ccccc2)cc1)C(=O)OCC. The summed E-state index contributed by atoms with van der Waals surface area (Å²) in [7, 11) is 0. The van der Waals surface area contributed by atoms with Crippen LogP contribution in [-0.2, 0) is 25.2 Å². The molecule has 1 amide bonds. The molecule has 0 bridgehead atoms. The number of benzene rings is 3. The van der Waals surface area contributed by atoms with Crippen molar-refractivity contribution >= 4 is 34.6 Å². The Morgan fingerprint density at radius 1 is 0.909 bits per heavy atom. The molecule has 0 radical (unpaired) electrons. The number of nitrogens with one attached hydrogen (secondary N) is 1. The summed E-state index contributed by atoms with van der Waals surface area (Å²) < 4.78 is 56.4. The minimum Gasteiger partial charge on any atom is -0.466 e. The molecule has 0 aliphatic rings. The summed E-state index contributed by atoms with van der Waals surface area (Å²) in [5.41, 5.74) is 5.22. The van der Waals surface area contributed by atoms with Crippen LogP contribution >= 0.6 is 0 Å². The summed E-state index contributed by atoms with van der Waals surface area (Å²) in [6.45, 7) is 3.54. The van der Waals surface area contributed by atoms with Gasteiger partial charge < -0.3 is 25.3 Å². The van der Waals surface area contributed by atoms with Crippen molar-refractivity contribution in [3.8, 4) is 22.9 Å². The van der Waals surface area contributed by atoms with Crippen LogP contribution in [0.15, 0.2) is 66.7 Å². The minimum absolute atomic E-state index is 0.0211. The lowest BCUT2D eigenvalue weighted by Gasteiger charge is -2.17. The van der Waals surface area contributed by atoms with Crippen molar-refractivity contribution in [1.29, 1.82) is 0 Å². The molecular formula is C31H29F3N4O6. The number of carbonyl (C=O) groups is 3. The van der Waals surface area contributed by atoms with E-state index in [0.717, 1.165) is 6.07 Å². The lowest BCUT2D eigenvalue weighted by molar-refractivity contribution is -0.147. The third-order valence-corrected chi connectivity index (χ3v) is 6.35. The van der Waals surface area contributed by atoms with Gasteiger partial charge in [0.2, 0.25) is 5.88 Å². The van der Waals surface area contributed by atoms with E-state index in [-0.39, 0.29) is 60.0 Å². The number of anilines is 1. The van der Waals surface area contributed by atoms with Crippen LogP contribution < -0.4 is 15.8 Å². The van der Waals surface area contributed by atoms with Gasteiger partial charge in [0.15, 0.2) is 0 Å². The fourth-order valence-electron chi connectivity index (χ4n) is 4.24. The molecule has 0 saturated carbocycles. The first kappa shape index (κ1) is 31.7. The predicted octanol–water partition coefficient (Wildman–Crippen LogP) is 5.69. The molecule has 1 atom stereocenters. The highest BCUT2D eigenvalue weighted by atomic mass is 19.4. The van der Waals surface area contributed by atoms with Gasteiger partial charge in [-0.15, -0.1) is 0 Å². The summed E-state index contributed by atoms with van der Waals surface area (Å²) >= 11 is 0. The van der Waals surface area contributed by atoms with Crippen LogP contribution in [0.2, 0.25) is 0 Å². The van der Waals surface area contributed by atoms with Gasteiger partial charge in [-0.1, -0.05) is 30.3 Å². The second-order valence-electron chi connectivity index (χ2n) is 9.38. The van der Waals surface area contributed by atoms with Gasteiger partial charge in [0.25, 0.3) is 5.91 Å². The lowest BCUT2D eigenvalue weighted by Crippen LogP contribution is -2.42. The molecule has 10 nitrogen and oxygen atoms in total. The molecule has 0 saturated heterocycles. The number of alkyl halides is 3. The zero-order chi connectivity index (χ0) is 31.9. The van der Waals surface area contributed by atoms with E-state index in [1.807, 2.05) is 0 Å². The highest BCUT2D eigenvalue weighted by Gasteiger charge is 2.34. The second-order valence-corrected chi connectivity index (χ2v) is 9.38. The Kier molecular flexibility index (Phi) is 9.99. The molecule has 13 heteroatoms. The third kappa shape index (κ3) is 7.60. The first-order valence-electron chi connectivity index (χ1n) is 13.7. The van der Waals surface area contributed by atoms with Crippen LogP contribution in [-0.4, -0.2) is 47.1 Å². The zero-order valence-electron chi connectivity index (χ0n) is 23.8. The molecule has 0 aliphatic carbocycles. The highest BCUT2D eigenvalue weighted by Crippen LogP contribution is 2.39. The first-order valence-corrected chi connectivity index (χ1v) is 13.7. The number of amides is 1. The zero-order valence-corrected chi connectivity index (χ0v) is 23.8. The van der Waals surface area contributed by atoms with Crippen molar-refractivity contribution < 1.29 is 41.8 Å². The number of carbonyl (C=O) groups excluding carboxylic acids is 3. The number of nitrogen functional groups attached to an aromatic ring is 1. The molecular weight excluding hydrogens is 581 g/mol. The van der Waals surface area contributed by atoms with Crippen LogP contribution in [0.3, 0.4) is 0 Å². The second kappa shape index (κ2) is 13.8. The number of nitrogens with two attached hydrogens (primary N) is 1. The molecule has 1 heterocycles. The Labute approximate surface area is 250 Å². The summed E-state index contributed by atoms with van der Waals surface area (Å²) in [5, 5.41) is 2.57. The molecule has 1 aromatic heterocycles. The molecule has 0 spiro atoms. The molecule has 4 aromatic rings. The summed E-state index contributed by atoms with van der Waals surface area (Å²) in [6.07, 6.45) is -4.82. The van der Waals surface area contributed by atoms with Crippen LogP contribution in [0, 0.1) is 0 Å². The van der Waals surface area contributed by atoms with Crippen LogP contribution in [0.5, 0.6) is 11.6 Å². The molecule has 230 valence electrons. The van der Waals surface area contributed by atoms with Gasteiger partial charge in [0, 0.05) is 17.5 Å². The summed E-state index contributed by atoms with van der Waals surface area (Å²) in [4.78, 5) is 45.9. The fraction of sp³-hybridized carbons (Fsp3) is 0.258. The summed E-state index contributed by atoms with van der Waals surface area (Å²) in [5.74, 6) is -1.72. The van der Waals surface area contributed by atoms with Gasteiger partial charge in [0.1, 0.15) is 23.0 Å². The molecule has 4 rings (SSSR count). The number of hydrogen-bond acceptors (Lipinski definition) is 9. The molecule has 0 unspecified atom stereocenters. The molecule has 3 N–H and O–H groups in total. The maximum Gasteiger partial charge on any atom is 0.418 e. The van der Waals surface area contributed by atoms with Gasteiger partial charge in [-0.05, 0) is 56.7 Å². The molecule has 3 aromatic carbocycles. The number of hydrogen-bond donors (Lipinski definition) is 2. The molecule has 0 aliphatic heterocycles. The number of halogens is 3. The summed E-state index contributed by atoms with van der Waals surface area (Å²) in [6, 6.07) is 15.5. The van der Waals surface area contributed by atoms with E-state index in [1.54, 1.807) is 44.2 Å². The molecule has 0 fully saturated rings. The number of aromatic nitrogens is 2. The van der Waals surface area contributed by atoms with E-state index < -0.39 is 41.3 Å². The van der Waals surface area contributed by atoms with E-state index in [1.165, 1.54) is 30.3 Å². The predicted molar refractivity (Wildman–Crippen MR) is 155 cm³/mol. The van der Waals surface area contributed by atoms with E-state index in [0.29, 0.717) is 5.56 Å². The maximum atomic E-state index is 13.5. The average molecular weight is 611 g/mol. The largest absolute Gasteiger partial charge is 0.466 e. The Bertz CT molecular complexity index is 1650. The van der Waals surface area contributed by atoms with Crippen molar-refractivity contribution in [2.24, 2.45) is 0 Å². The van der Waals surface area contributed by atoms with Crippen molar-refractivity contribution in [2.75, 3.05) is 18.9 Å². The van der Waals surface area contributed by atoms with Gasteiger partial charge in [-0.3, -0.25) is 9.59 Å². The van der Waals surface area contributed by atoms with Crippen LogP contribution in [0.25, 0.3) is 22.3 Å². The minimum atomic E-state index is -4.69. The number of fused-ring (bicyclic) bond motifs is 1. The van der Waals surface area contributed by atoms with Crippen molar-refractivity contribution in [2.45, 2.75) is 38.9 Å². The van der Waals surface area contributed by atoms with Gasteiger partial charge in [-0.2, -0.15) is 13.2 Å². The first-order chi connectivity index (χ1) is 21.0. The monoisotopic (exact) mass is 610 g/mol. The Morgan fingerprint density at radius 3 is 2.23 bits per heavy atom. The van der Waals surface area contributed by atoms with E-state index in [4.69, 9.17) is 19.9 Å². The number of rotatable bonds is 11. The van der Waals surface area contributed by atoms with Crippen LogP contribution in [0.1, 0.15) is 42.6 Å². The average Bonchev–Trinajstić information content (AvgIpc) is 2.99. The van der Waals surface area contributed by atoms with E-state index in [9.17, 15) is 27.6 Å². The van der Waals surface area contributed by atoms with Gasteiger partial charge in [0.05, 0.1) is 30.0 Å². The van der Waals surface area contributed by atoms with Crippen molar-refractivity contribution in [3.63, 3.8) is 0 Å². The Morgan fingerprint density at radius 2 is 1.59 bits per heavy atom. The van der Waals surface area contributed by atoms with Crippen LogP contribution in [0.4, 0.5) is 18.9 Å². The number of esters is 2. The quantitative estimate of drug-likeness (QED) is 0.162. The van der Waals surface area contributed by atoms with E-state index >= 15 is 0 Å². The van der Waals surface area contributed by atoms with Crippen molar-refractivity contribution in [3.05, 3.63) is 77.9 Å². The number of nitrogens with zero attached hydrogens (tertiary/aromatic N) is 2. The normalized spacial score (nSPS) is 11.9. The van der Waals surface area contributed by atoms with Gasteiger partial charge in [-0.25, -0.2) is 14.8 Å². The maximum absolute atomic E-state index is 13.5. The Balaban J connectivity index is 1.61. The highest BCUT2D eigenvalue weighted by molar-refractivity contribution is 5.97.